The van der Waals surface area contributed by atoms with Crippen LogP contribution < -0.4 is 0 Å². The molecule has 5 nitrogen and oxygen atoms in total. The van der Waals surface area contributed by atoms with Gasteiger partial charge in [-0.15, -0.1) is 11.8 Å². The minimum atomic E-state index is -3.58. The monoisotopic (exact) mass is 460 g/mol. The Labute approximate surface area is 185 Å². The molecule has 30 heavy (non-hydrogen) atoms. The molecule has 0 N–H and O–H groups in total. The summed E-state index contributed by atoms with van der Waals surface area (Å²) in [5, 5.41) is 2.56. The lowest BCUT2D eigenvalue weighted by atomic mass is 10.1. The predicted molar refractivity (Wildman–Crippen MR) is 121 cm³/mol. The first-order chi connectivity index (χ1) is 14.4. The number of fused-ring (bicyclic) bond motifs is 1. The molecule has 1 aliphatic heterocycles. The maximum Gasteiger partial charge on any atom is 0.243 e. The third-order valence-corrected chi connectivity index (χ3v) is 8.27. The Hall–Kier alpha value is -2.06. The van der Waals surface area contributed by atoms with Crippen molar-refractivity contribution in [2.75, 3.05) is 31.9 Å². The van der Waals surface area contributed by atoms with Crippen LogP contribution in [0.15, 0.2) is 76.5 Å². The van der Waals surface area contributed by atoms with Crippen LogP contribution in [0.2, 0.25) is 5.02 Å². The molecular weight excluding hydrogens is 440 g/mol. The smallest absolute Gasteiger partial charge is 0.243 e. The van der Waals surface area contributed by atoms with Gasteiger partial charge in [0.2, 0.25) is 15.9 Å². The summed E-state index contributed by atoms with van der Waals surface area (Å²) in [6.45, 7) is 1.39. The van der Waals surface area contributed by atoms with Gasteiger partial charge in [0.25, 0.3) is 0 Å². The summed E-state index contributed by atoms with van der Waals surface area (Å²) in [4.78, 5) is 15.5. The highest BCUT2D eigenvalue weighted by atomic mass is 35.5. The molecule has 0 radical (unpaired) electrons. The first-order valence-electron chi connectivity index (χ1n) is 9.58. The molecule has 3 aromatic carbocycles. The van der Waals surface area contributed by atoms with Crippen LogP contribution in [0, 0.1) is 0 Å². The van der Waals surface area contributed by atoms with Crippen molar-refractivity contribution in [2.24, 2.45) is 0 Å². The largest absolute Gasteiger partial charge is 0.339 e. The summed E-state index contributed by atoms with van der Waals surface area (Å²) in [5.74, 6) is 0.330. The van der Waals surface area contributed by atoms with Crippen LogP contribution in [0.4, 0.5) is 0 Å². The van der Waals surface area contributed by atoms with E-state index in [4.69, 9.17) is 11.6 Å². The van der Waals surface area contributed by atoms with E-state index in [0.29, 0.717) is 41.8 Å². The number of nitrogens with zero attached hydrogens (tertiary/aromatic N) is 2. The Balaban J connectivity index is 1.36. The van der Waals surface area contributed by atoms with E-state index in [1.165, 1.54) is 16.1 Å². The number of rotatable bonds is 5. The van der Waals surface area contributed by atoms with E-state index in [1.807, 2.05) is 42.5 Å². The molecule has 156 valence electrons. The van der Waals surface area contributed by atoms with E-state index >= 15 is 0 Å². The van der Waals surface area contributed by atoms with Gasteiger partial charge in [-0.1, -0.05) is 41.9 Å². The van der Waals surface area contributed by atoms with Crippen LogP contribution in [-0.2, 0) is 14.8 Å². The molecule has 0 saturated carbocycles. The van der Waals surface area contributed by atoms with Crippen LogP contribution in [0.3, 0.4) is 0 Å². The van der Waals surface area contributed by atoms with Crippen molar-refractivity contribution in [2.45, 2.75) is 9.79 Å². The normalized spacial score (nSPS) is 15.4. The van der Waals surface area contributed by atoms with Gasteiger partial charge in [-0.3, -0.25) is 4.79 Å². The zero-order chi connectivity index (χ0) is 21.1. The average Bonchev–Trinajstić information content (AvgIpc) is 2.78. The first kappa shape index (κ1) is 21.2. The number of carbonyl (C=O) groups excluding carboxylic acids is 1. The molecule has 1 aliphatic rings. The number of thioether (sulfide) groups is 1. The number of hydrogen-bond donors (Lipinski definition) is 0. The maximum absolute atomic E-state index is 13.1. The first-order valence-corrected chi connectivity index (χ1v) is 12.4. The maximum atomic E-state index is 13.1. The second-order valence-corrected chi connectivity index (χ2v) is 10.5. The van der Waals surface area contributed by atoms with Crippen molar-refractivity contribution in [1.82, 2.24) is 9.21 Å². The molecule has 1 saturated heterocycles. The molecule has 1 heterocycles. The van der Waals surface area contributed by atoms with Gasteiger partial charge in [-0.05, 0) is 47.2 Å². The molecule has 8 heteroatoms. The van der Waals surface area contributed by atoms with Gasteiger partial charge in [-0.25, -0.2) is 8.42 Å². The predicted octanol–water partition coefficient (Wildman–Crippen LogP) is 4.12. The van der Waals surface area contributed by atoms with E-state index in [0.717, 1.165) is 15.7 Å². The highest BCUT2D eigenvalue weighted by Crippen LogP contribution is 2.24. The highest BCUT2D eigenvalue weighted by molar-refractivity contribution is 8.00. The molecule has 0 aliphatic carbocycles. The zero-order valence-electron chi connectivity index (χ0n) is 16.2. The average molecular weight is 461 g/mol. The lowest BCUT2D eigenvalue weighted by Crippen LogP contribution is -2.50. The number of hydrogen-bond acceptors (Lipinski definition) is 4. The molecule has 4 rings (SSSR count). The van der Waals surface area contributed by atoms with Gasteiger partial charge in [0, 0.05) is 36.1 Å². The van der Waals surface area contributed by atoms with Gasteiger partial charge in [-0.2, -0.15) is 4.31 Å². The summed E-state index contributed by atoms with van der Waals surface area (Å²) in [5.41, 5.74) is 0. The topological polar surface area (TPSA) is 57.7 Å². The zero-order valence-corrected chi connectivity index (χ0v) is 18.6. The molecule has 0 atom stereocenters. The number of piperazine rings is 1. The number of halogens is 1. The van der Waals surface area contributed by atoms with Gasteiger partial charge < -0.3 is 4.90 Å². The summed E-state index contributed by atoms with van der Waals surface area (Å²) < 4.78 is 27.6. The molecule has 0 unspecified atom stereocenters. The van der Waals surface area contributed by atoms with Gasteiger partial charge in [0.05, 0.1) is 10.6 Å². The number of benzene rings is 3. The third-order valence-electron chi connectivity index (χ3n) is 5.13. The van der Waals surface area contributed by atoms with Crippen molar-refractivity contribution < 1.29 is 13.2 Å². The van der Waals surface area contributed by atoms with Crippen molar-refractivity contribution in [3.05, 3.63) is 71.8 Å². The Kier molecular flexibility index (Phi) is 6.34. The van der Waals surface area contributed by atoms with E-state index in [9.17, 15) is 13.2 Å². The van der Waals surface area contributed by atoms with Crippen LogP contribution in [-0.4, -0.2) is 55.5 Å². The summed E-state index contributed by atoms with van der Waals surface area (Å²) in [6, 6.07) is 20.2. The van der Waals surface area contributed by atoms with Gasteiger partial charge >= 0.3 is 0 Å². The Morgan fingerprint density at radius 3 is 2.27 bits per heavy atom. The second kappa shape index (κ2) is 8.98. The molecule has 1 amide bonds. The molecule has 0 bridgehead atoms. The van der Waals surface area contributed by atoms with Crippen LogP contribution >= 0.6 is 23.4 Å². The fraction of sp³-hybridized carbons (Fsp3) is 0.227. The van der Waals surface area contributed by atoms with E-state index in [1.54, 1.807) is 29.2 Å². The Morgan fingerprint density at radius 2 is 1.57 bits per heavy atom. The summed E-state index contributed by atoms with van der Waals surface area (Å²) >= 11 is 7.33. The minimum Gasteiger partial charge on any atom is -0.339 e. The van der Waals surface area contributed by atoms with E-state index < -0.39 is 10.0 Å². The van der Waals surface area contributed by atoms with Crippen molar-refractivity contribution in [3.8, 4) is 0 Å². The Bertz CT molecular complexity index is 1160. The van der Waals surface area contributed by atoms with Crippen LogP contribution in [0.1, 0.15) is 0 Å². The molecule has 3 aromatic rings. The summed E-state index contributed by atoms with van der Waals surface area (Å²) in [6.07, 6.45) is 0. The quantitative estimate of drug-likeness (QED) is 0.537. The van der Waals surface area contributed by atoms with Crippen molar-refractivity contribution in [1.29, 1.82) is 0 Å². The van der Waals surface area contributed by atoms with Gasteiger partial charge in [0.1, 0.15) is 0 Å². The third kappa shape index (κ3) is 4.64. The minimum absolute atomic E-state index is 0.0118. The number of carbonyl (C=O) groups is 1. The highest BCUT2D eigenvalue weighted by Gasteiger charge is 2.30. The fourth-order valence-corrected chi connectivity index (χ4v) is 5.81. The number of amides is 1. The molecule has 1 fully saturated rings. The van der Waals surface area contributed by atoms with Crippen molar-refractivity contribution >= 4 is 50.1 Å². The van der Waals surface area contributed by atoms with Crippen LogP contribution in [0.5, 0.6) is 0 Å². The van der Waals surface area contributed by atoms with E-state index in [-0.39, 0.29) is 5.91 Å². The second-order valence-electron chi connectivity index (χ2n) is 7.04. The van der Waals surface area contributed by atoms with Crippen molar-refractivity contribution in [3.63, 3.8) is 0 Å². The van der Waals surface area contributed by atoms with Crippen LogP contribution in [0.25, 0.3) is 10.8 Å². The SMILES string of the molecule is O=C(CSc1ccc(Cl)cc1)N1CCN(S(=O)(=O)c2ccc3ccccc3c2)CC1. The lowest BCUT2D eigenvalue weighted by molar-refractivity contribution is -0.129. The van der Waals surface area contributed by atoms with E-state index in [2.05, 4.69) is 0 Å². The Morgan fingerprint density at radius 1 is 0.900 bits per heavy atom. The summed E-state index contributed by atoms with van der Waals surface area (Å²) in [7, 11) is -3.58. The standard InChI is InChI=1S/C22H21ClN2O3S2/c23-19-6-8-20(9-7-19)29-16-22(26)24-11-13-25(14-12-24)30(27,28)21-10-5-17-3-1-2-4-18(17)15-21/h1-10,15H,11-14,16H2. The fourth-order valence-electron chi connectivity index (χ4n) is 3.42. The molecule has 0 spiro atoms. The molecule has 0 aromatic heterocycles. The lowest BCUT2D eigenvalue weighted by Gasteiger charge is -2.34. The molecular formula is C22H21ClN2O3S2. The number of sulfonamides is 1. The van der Waals surface area contributed by atoms with Gasteiger partial charge in [0.15, 0.2) is 0 Å².